The number of aliphatic imine (C=N–C) groups is 1. The fourth-order valence-electron chi connectivity index (χ4n) is 3.18. The van der Waals surface area contributed by atoms with Crippen LogP contribution in [0.1, 0.15) is 18.1 Å². The van der Waals surface area contributed by atoms with Crippen LogP contribution in [0.3, 0.4) is 0 Å². The highest BCUT2D eigenvalue weighted by Gasteiger charge is 2.32. The zero-order valence-electron chi connectivity index (χ0n) is 17.6. The van der Waals surface area contributed by atoms with Gasteiger partial charge in [0.2, 0.25) is 0 Å². The van der Waals surface area contributed by atoms with Gasteiger partial charge in [0.05, 0.1) is 17.7 Å². The van der Waals surface area contributed by atoms with Crippen LogP contribution in [0.2, 0.25) is 0 Å². The Morgan fingerprint density at radius 1 is 1.06 bits per heavy atom. The maximum atomic E-state index is 13.2. The molecule has 1 amide bonds. The van der Waals surface area contributed by atoms with Crippen LogP contribution >= 0.6 is 56.9 Å². The summed E-state index contributed by atoms with van der Waals surface area (Å²) in [4.78, 5) is 19.7. The second-order valence-corrected chi connectivity index (χ2v) is 10.5. The highest BCUT2D eigenvalue weighted by Crippen LogP contribution is 2.36. The number of amidine groups is 1. The summed E-state index contributed by atoms with van der Waals surface area (Å²) in [5.74, 6) is 0.432. The van der Waals surface area contributed by atoms with Gasteiger partial charge < -0.3 is 4.74 Å². The molecule has 0 atom stereocenters. The third-order valence-electron chi connectivity index (χ3n) is 4.80. The van der Waals surface area contributed by atoms with Crippen LogP contribution in [0.25, 0.3) is 6.08 Å². The minimum absolute atomic E-state index is 0.0854. The van der Waals surface area contributed by atoms with Gasteiger partial charge in [-0.25, -0.2) is 9.38 Å². The van der Waals surface area contributed by atoms with Crippen LogP contribution in [0.5, 0.6) is 5.75 Å². The first kappa shape index (κ1) is 24.2. The van der Waals surface area contributed by atoms with E-state index < -0.39 is 0 Å². The molecule has 0 saturated carbocycles. The normalized spacial score (nSPS) is 16.1. The smallest absolute Gasteiger partial charge is 0.266 e. The number of halogens is 3. The molecular formula is C25H19FI2N2O2S. The maximum Gasteiger partial charge on any atom is 0.266 e. The topological polar surface area (TPSA) is 41.9 Å². The van der Waals surface area contributed by atoms with Crippen LogP contribution in [0.15, 0.2) is 76.6 Å². The van der Waals surface area contributed by atoms with E-state index in [0.717, 1.165) is 24.0 Å². The van der Waals surface area contributed by atoms with Crippen molar-refractivity contribution in [1.29, 1.82) is 0 Å². The van der Waals surface area contributed by atoms with Crippen molar-refractivity contribution in [2.24, 2.45) is 4.99 Å². The van der Waals surface area contributed by atoms with E-state index in [4.69, 9.17) is 4.74 Å². The number of thioether (sulfide) groups is 1. The first-order valence-corrected chi connectivity index (χ1v) is 13.1. The molecule has 33 heavy (non-hydrogen) atoms. The van der Waals surface area contributed by atoms with E-state index in [2.05, 4.69) is 50.2 Å². The second kappa shape index (κ2) is 11.0. The molecule has 1 aliphatic heterocycles. The SMILES string of the molecule is CCN1C(=O)/C(=C\c2cc(I)c(OCc3ccccc3)c(I)c2)SC1=Nc1ccc(F)cc1. The van der Waals surface area contributed by atoms with Crippen LogP contribution in [0.4, 0.5) is 10.1 Å². The molecule has 0 radical (unpaired) electrons. The third-order valence-corrected chi connectivity index (χ3v) is 7.41. The highest BCUT2D eigenvalue weighted by atomic mass is 127. The molecule has 1 fully saturated rings. The highest BCUT2D eigenvalue weighted by molar-refractivity contribution is 14.1. The fraction of sp³-hybridized carbons (Fsp3) is 0.120. The summed E-state index contributed by atoms with van der Waals surface area (Å²) in [5.41, 5.74) is 2.64. The van der Waals surface area contributed by atoms with Gasteiger partial charge in [-0.15, -0.1) is 0 Å². The number of hydrogen-bond acceptors (Lipinski definition) is 4. The lowest BCUT2D eigenvalue weighted by atomic mass is 10.2. The van der Waals surface area contributed by atoms with E-state index >= 15 is 0 Å². The molecule has 0 bridgehead atoms. The first-order chi connectivity index (χ1) is 15.9. The summed E-state index contributed by atoms with van der Waals surface area (Å²) < 4.78 is 21.2. The molecule has 4 nitrogen and oxygen atoms in total. The van der Waals surface area contributed by atoms with Gasteiger partial charge in [-0.3, -0.25) is 9.69 Å². The number of likely N-dealkylation sites (N-methyl/N-ethyl adjacent to an activating group) is 1. The lowest BCUT2D eigenvalue weighted by Gasteiger charge is -2.12. The van der Waals surface area contributed by atoms with Gasteiger partial charge in [-0.1, -0.05) is 30.3 Å². The standard InChI is InChI=1S/C25H19FI2N2O2S/c1-2-30-24(31)22(33-25(30)29-19-10-8-18(26)9-11-19)14-17-12-20(27)23(21(28)13-17)32-15-16-6-4-3-5-7-16/h3-14H,2,15H2,1H3/b22-14+,29-25?. The zero-order chi connectivity index (χ0) is 23.4. The molecule has 0 unspecified atom stereocenters. The Bertz CT molecular complexity index is 1210. The van der Waals surface area contributed by atoms with Crippen molar-refractivity contribution in [3.63, 3.8) is 0 Å². The second-order valence-electron chi connectivity index (χ2n) is 7.12. The average molecular weight is 684 g/mol. The Labute approximate surface area is 223 Å². The largest absolute Gasteiger partial charge is 0.487 e. The molecule has 0 aromatic heterocycles. The van der Waals surface area contributed by atoms with Gasteiger partial charge in [0.15, 0.2) is 5.17 Å². The number of ether oxygens (including phenoxy) is 1. The molecule has 3 aromatic carbocycles. The molecule has 1 aliphatic rings. The fourth-order valence-corrected chi connectivity index (χ4v) is 6.37. The molecule has 4 rings (SSSR count). The molecular weight excluding hydrogens is 665 g/mol. The molecule has 0 N–H and O–H groups in total. The lowest BCUT2D eigenvalue weighted by molar-refractivity contribution is -0.122. The average Bonchev–Trinajstić information content (AvgIpc) is 3.09. The monoisotopic (exact) mass is 684 g/mol. The Kier molecular flexibility index (Phi) is 8.07. The number of benzene rings is 3. The predicted octanol–water partition coefficient (Wildman–Crippen LogP) is 7.24. The Morgan fingerprint density at radius 2 is 1.73 bits per heavy atom. The van der Waals surface area contributed by atoms with Crippen LogP contribution in [-0.2, 0) is 11.4 Å². The van der Waals surface area contributed by atoms with Gasteiger partial charge in [-0.2, -0.15) is 0 Å². The van der Waals surface area contributed by atoms with E-state index in [-0.39, 0.29) is 11.7 Å². The number of hydrogen-bond donors (Lipinski definition) is 0. The van der Waals surface area contributed by atoms with Crippen molar-refractivity contribution in [3.05, 3.63) is 95.7 Å². The Hall–Kier alpha value is -1.92. The van der Waals surface area contributed by atoms with E-state index in [1.54, 1.807) is 17.0 Å². The lowest BCUT2D eigenvalue weighted by Crippen LogP contribution is -2.28. The number of amides is 1. The molecule has 8 heteroatoms. The van der Waals surface area contributed by atoms with Crippen LogP contribution in [0, 0.1) is 13.0 Å². The van der Waals surface area contributed by atoms with Crippen molar-refractivity contribution in [3.8, 4) is 5.75 Å². The minimum atomic E-state index is -0.317. The third kappa shape index (κ3) is 5.96. The van der Waals surface area contributed by atoms with Gasteiger partial charge in [0, 0.05) is 6.54 Å². The predicted molar refractivity (Wildman–Crippen MR) is 149 cm³/mol. The summed E-state index contributed by atoms with van der Waals surface area (Å²) in [6.45, 7) is 2.91. The molecule has 1 saturated heterocycles. The van der Waals surface area contributed by atoms with Gasteiger partial charge in [0.1, 0.15) is 18.2 Å². The van der Waals surface area contributed by atoms with E-state index in [1.807, 2.05) is 55.5 Å². The van der Waals surface area contributed by atoms with E-state index in [9.17, 15) is 9.18 Å². The summed E-state index contributed by atoms with van der Waals surface area (Å²) in [6, 6.07) is 20.0. The quantitative estimate of drug-likeness (QED) is 0.203. The molecule has 1 heterocycles. The van der Waals surface area contributed by atoms with Crippen molar-refractivity contribution >= 4 is 79.8 Å². The van der Waals surface area contributed by atoms with Crippen molar-refractivity contribution in [2.75, 3.05) is 6.54 Å². The van der Waals surface area contributed by atoms with Gasteiger partial charge in [0.25, 0.3) is 5.91 Å². The molecule has 3 aromatic rings. The zero-order valence-corrected chi connectivity index (χ0v) is 22.7. The van der Waals surface area contributed by atoms with Crippen LogP contribution < -0.4 is 4.74 Å². The van der Waals surface area contributed by atoms with Gasteiger partial charge >= 0.3 is 0 Å². The summed E-state index contributed by atoms with van der Waals surface area (Å²) >= 11 is 5.85. The van der Waals surface area contributed by atoms with Crippen LogP contribution in [-0.4, -0.2) is 22.5 Å². The number of carbonyl (C=O) groups excluding carboxylic acids is 1. The van der Waals surface area contributed by atoms with Gasteiger partial charge in [-0.05, 0) is 117 Å². The molecule has 0 aliphatic carbocycles. The molecule has 0 spiro atoms. The molecule has 168 valence electrons. The summed E-state index contributed by atoms with van der Waals surface area (Å²) in [6.07, 6.45) is 1.88. The van der Waals surface area contributed by atoms with E-state index in [0.29, 0.717) is 28.9 Å². The van der Waals surface area contributed by atoms with Crippen molar-refractivity contribution in [2.45, 2.75) is 13.5 Å². The number of rotatable bonds is 6. The Morgan fingerprint density at radius 3 is 2.36 bits per heavy atom. The number of carbonyl (C=O) groups is 1. The first-order valence-electron chi connectivity index (χ1n) is 10.2. The minimum Gasteiger partial charge on any atom is -0.487 e. The van der Waals surface area contributed by atoms with Crippen molar-refractivity contribution < 1.29 is 13.9 Å². The maximum absolute atomic E-state index is 13.2. The van der Waals surface area contributed by atoms with E-state index in [1.165, 1.54) is 23.9 Å². The Balaban J connectivity index is 1.56. The summed E-state index contributed by atoms with van der Waals surface area (Å²) in [5, 5.41) is 0.590. The summed E-state index contributed by atoms with van der Waals surface area (Å²) in [7, 11) is 0. The van der Waals surface area contributed by atoms with Crippen molar-refractivity contribution in [1.82, 2.24) is 4.90 Å². The number of nitrogens with zero attached hydrogens (tertiary/aromatic N) is 2.